The van der Waals surface area contributed by atoms with Crippen LogP contribution in [0.5, 0.6) is 0 Å². The van der Waals surface area contributed by atoms with Crippen molar-refractivity contribution in [1.82, 2.24) is 19.8 Å². The Balaban J connectivity index is 1.60. The first-order chi connectivity index (χ1) is 16.6. The second-order valence-corrected chi connectivity index (χ2v) is 8.39. The monoisotopic (exact) mass is 488 g/mol. The summed E-state index contributed by atoms with van der Waals surface area (Å²) >= 11 is 0. The maximum atomic E-state index is 14.7. The van der Waals surface area contributed by atoms with Crippen LogP contribution in [-0.2, 0) is 17.5 Å². The zero-order valence-corrected chi connectivity index (χ0v) is 18.8. The molecule has 0 saturated carbocycles. The third kappa shape index (κ3) is 5.79. The largest absolute Gasteiger partial charge is 0.416 e. The molecule has 2 unspecified atom stereocenters. The van der Waals surface area contributed by atoms with Crippen molar-refractivity contribution in [3.8, 4) is 0 Å². The van der Waals surface area contributed by atoms with Gasteiger partial charge in [0.2, 0.25) is 11.9 Å². The number of allylic oxidation sites excluding steroid dienone is 3. The number of carbonyl (C=O) groups is 1. The van der Waals surface area contributed by atoms with Gasteiger partial charge in [0.05, 0.1) is 11.5 Å². The first kappa shape index (κ1) is 24.2. The second kappa shape index (κ2) is 9.77. The van der Waals surface area contributed by atoms with Crippen LogP contribution in [0.1, 0.15) is 16.7 Å². The van der Waals surface area contributed by atoms with Crippen LogP contribution < -0.4 is 11.1 Å². The molecule has 1 aromatic carbocycles. The number of rotatable bonds is 5. The Morgan fingerprint density at radius 1 is 1.20 bits per heavy atom. The van der Waals surface area contributed by atoms with Crippen molar-refractivity contribution in [2.45, 2.75) is 18.9 Å². The summed E-state index contributed by atoms with van der Waals surface area (Å²) in [7, 11) is 1.92. The Morgan fingerprint density at radius 2 is 1.94 bits per heavy atom. The van der Waals surface area contributed by atoms with Gasteiger partial charge in [0, 0.05) is 62.7 Å². The average Bonchev–Trinajstić information content (AvgIpc) is 2.82. The van der Waals surface area contributed by atoms with Gasteiger partial charge < -0.3 is 20.9 Å². The molecule has 1 amide bonds. The van der Waals surface area contributed by atoms with Crippen LogP contribution in [0.25, 0.3) is 5.57 Å². The minimum atomic E-state index is -4.59. The molecule has 2 aromatic rings. The number of nitrogens with two attached hydrogens (primary N) is 1. The third-order valence-corrected chi connectivity index (χ3v) is 5.81. The number of halogens is 4. The quantitative estimate of drug-likeness (QED) is 0.622. The van der Waals surface area contributed by atoms with Crippen LogP contribution in [0.15, 0.2) is 61.2 Å². The van der Waals surface area contributed by atoms with Gasteiger partial charge in [-0.15, -0.1) is 0 Å². The molecular weight excluding hydrogens is 464 g/mol. The first-order valence-corrected chi connectivity index (χ1v) is 10.9. The van der Waals surface area contributed by atoms with E-state index in [0.29, 0.717) is 23.2 Å². The van der Waals surface area contributed by atoms with Gasteiger partial charge in [0.25, 0.3) is 0 Å². The van der Waals surface area contributed by atoms with Crippen LogP contribution >= 0.6 is 0 Å². The molecule has 0 bridgehead atoms. The van der Waals surface area contributed by atoms with Gasteiger partial charge >= 0.3 is 6.18 Å². The molecule has 1 aliphatic heterocycles. The van der Waals surface area contributed by atoms with E-state index in [0.717, 1.165) is 18.7 Å². The number of hydrogen-bond donors (Lipinski definition) is 2. The lowest BCUT2D eigenvalue weighted by Gasteiger charge is -2.30. The Kier molecular flexibility index (Phi) is 6.77. The van der Waals surface area contributed by atoms with Crippen molar-refractivity contribution in [3.63, 3.8) is 0 Å². The molecule has 2 atom stereocenters. The van der Waals surface area contributed by atoms with Crippen LogP contribution in [-0.4, -0.2) is 52.0 Å². The Morgan fingerprint density at radius 3 is 2.60 bits per heavy atom. The minimum Gasteiger partial charge on any atom is -0.377 e. The van der Waals surface area contributed by atoms with Crippen LogP contribution in [0, 0.1) is 5.92 Å². The molecule has 2 aliphatic rings. The first-order valence-electron chi connectivity index (χ1n) is 10.9. The number of nitrogens with zero attached hydrogens (tertiary/aromatic N) is 4. The van der Waals surface area contributed by atoms with E-state index in [1.807, 2.05) is 29.2 Å². The Hall–Kier alpha value is -3.89. The number of likely N-dealkylation sites (N-methyl/N-ethyl adjacent to an activating group) is 1. The number of alkyl halides is 4. The number of nitrogens with one attached hydrogen (secondary N) is 1. The van der Waals surface area contributed by atoms with Gasteiger partial charge in [0.15, 0.2) is 0 Å². The van der Waals surface area contributed by atoms with Crippen molar-refractivity contribution in [2.75, 3.05) is 31.2 Å². The van der Waals surface area contributed by atoms with Crippen molar-refractivity contribution in [1.29, 1.82) is 0 Å². The van der Waals surface area contributed by atoms with E-state index in [-0.39, 0.29) is 18.2 Å². The summed E-state index contributed by atoms with van der Waals surface area (Å²) in [4.78, 5) is 24.8. The zero-order valence-electron chi connectivity index (χ0n) is 18.8. The summed E-state index contributed by atoms with van der Waals surface area (Å²) in [6.45, 7) is 1.70. The summed E-state index contributed by atoms with van der Waals surface area (Å²) in [5.74, 6) is -1.94. The standard InChI is InChI=1S/C24H24F4N6O/c1-33-6-8-34(9-7-33)14-16-2-4-18(24(26,27)28)11-21(16)32-22(35)19-10-15(3-5-20(19)25)17-12-30-23(29)31-13-17/h2-6,8,10-13,19-20H,7,9,14H2,1H3,(H,32,35)(H2,29,30,31). The molecule has 7 nitrogen and oxygen atoms in total. The van der Waals surface area contributed by atoms with Crippen molar-refractivity contribution in [3.05, 3.63) is 77.9 Å². The molecule has 1 aliphatic carbocycles. The number of carbonyl (C=O) groups excluding carboxylic acids is 1. The van der Waals surface area contributed by atoms with Crippen LogP contribution in [0.4, 0.5) is 29.2 Å². The molecular formula is C24H24F4N6O. The maximum Gasteiger partial charge on any atom is 0.416 e. The SMILES string of the molecule is CN1C=CN(Cc2ccc(C(F)(F)F)cc2NC(=O)C2C=C(c3cnc(N)nc3)C=CC2F)CC1. The summed E-state index contributed by atoms with van der Waals surface area (Å²) in [6.07, 6.45) is 4.47. The third-order valence-electron chi connectivity index (χ3n) is 5.81. The van der Waals surface area contributed by atoms with Crippen molar-refractivity contribution >= 4 is 23.1 Å². The highest BCUT2D eigenvalue weighted by molar-refractivity contribution is 5.97. The number of benzene rings is 1. The fraction of sp³-hybridized carbons (Fsp3) is 0.292. The predicted molar refractivity (Wildman–Crippen MR) is 124 cm³/mol. The fourth-order valence-electron chi connectivity index (χ4n) is 3.77. The maximum absolute atomic E-state index is 14.7. The molecule has 0 spiro atoms. The smallest absolute Gasteiger partial charge is 0.377 e. The molecule has 11 heteroatoms. The molecule has 184 valence electrons. The van der Waals surface area contributed by atoms with E-state index in [4.69, 9.17) is 5.73 Å². The van der Waals surface area contributed by atoms with Gasteiger partial charge in [-0.2, -0.15) is 13.2 Å². The average molecular weight is 488 g/mol. The molecule has 1 aromatic heterocycles. The van der Waals surface area contributed by atoms with Gasteiger partial charge in [-0.05, 0) is 29.3 Å². The normalized spacial score (nSPS) is 20.1. The van der Waals surface area contributed by atoms with Crippen LogP contribution in [0.2, 0.25) is 0 Å². The molecule has 2 heterocycles. The number of anilines is 2. The van der Waals surface area contributed by atoms with Crippen LogP contribution in [0.3, 0.4) is 0 Å². The van der Waals surface area contributed by atoms with E-state index >= 15 is 0 Å². The highest BCUT2D eigenvalue weighted by atomic mass is 19.4. The molecule has 3 N–H and O–H groups in total. The number of hydrogen-bond acceptors (Lipinski definition) is 6. The molecule has 0 saturated heterocycles. The lowest BCUT2D eigenvalue weighted by Crippen LogP contribution is -2.33. The zero-order chi connectivity index (χ0) is 25.2. The predicted octanol–water partition coefficient (Wildman–Crippen LogP) is 3.84. The molecule has 4 rings (SSSR count). The molecule has 0 radical (unpaired) electrons. The van der Waals surface area contributed by atoms with Crippen molar-refractivity contribution < 1.29 is 22.4 Å². The number of amides is 1. The van der Waals surface area contributed by atoms with Crippen molar-refractivity contribution in [2.24, 2.45) is 5.92 Å². The van der Waals surface area contributed by atoms with E-state index in [1.165, 1.54) is 36.7 Å². The number of aromatic nitrogens is 2. The Bertz CT molecular complexity index is 1180. The summed E-state index contributed by atoms with van der Waals surface area (Å²) in [6, 6.07) is 3.20. The topological polar surface area (TPSA) is 87.4 Å². The minimum absolute atomic E-state index is 0.00956. The Labute approximate surface area is 199 Å². The molecule has 0 fully saturated rings. The van der Waals surface area contributed by atoms with E-state index in [9.17, 15) is 22.4 Å². The highest BCUT2D eigenvalue weighted by Gasteiger charge is 2.33. The van der Waals surface area contributed by atoms with E-state index in [1.54, 1.807) is 0 Å². The highest BCUT2D eigenvalue weighted by Crippen LogP contribution is 2.34. The fourth-order valence-corrected chi connectivity index (χ4v) is 3.77. The lowest BCUT2D eigenvalue weighted by atomic mass is 9.91. The van der Waals surface area contributed by atoms with Gasteiger partial charge in [-0.1, -0.05) is 18.2 Å². The van der Waals surface area contributed by atoms with Gasteiger partial charge in [-0.3, -0.25) is 4.79 Å². The number of nitrogen functional groups attached to an aromatic ring is 1. The molecule has 35 heavy (non-hydrogen) atoms. The van der Waals surface area contributed by atoms with E-state index in [2.05, 4.69) is 15.3 Å². The summed E-state index contributed by atoms with van der Waals surface area (Å²) in [5, 5.41) is 2.53. The second-order valence-electron chi connectivity index (χ2n) is 8.39. The van der Waals surface area contributed by atoms with Gasteiger partial charge in [-0.25, -0.2) is 14.4 Å². The summed E-state index contributed by atoms with van der Waals surface area (Å²) < 4.78 is 54.8. The van der Waals surface area contributed by atoms with E-state index < -0.39 is 29.7 Å². The summed E-state index contributed by atoms with van der Waals surface area (Å²) in [5.41, 5.74) is 6.10. The van der Waals surface area contributed by atoms with Gasteiger partial charge in [0.1, 0.15) is 6.17 Å². The lowest BCUT2D eigenvalue weighted by molar-refractivity contribution is -0.137.